The highest BCUT2D eigenvalue weighted by molar-refractivity contribution is 7.90. The molecule has 1 aromatic rings. The van der Waals surface area contributed by atoms with E-state index in [0.29, 0.717) is 37.2 Å². The highest BCUT2D eigenvalue weighted by Gasteiger charge is 2.51. The maximum atomic E-state index is 12.6. The second kappa shape index (κ2) is 7.20. The van der Waals surface area contributed by atoms with E-state index in [2.05, 4.69) is 24.3 Å². The number of sulfonamides is 1. The molecular formula is C19H29N3O4S. The van der Waals surface area contributed by atoms with E-state index < -0.39 is 10.0 Å². The number of hydrogen-bond donors (Lipinski definition) is 1. The second-order valence-electron chi connectivity index (χ2n) is 8.76. The number of aromatic nitrogens is 1. The molecule has 4 rings (SSSR count). The number of hydrogen-bond acceptors (Lipinski definition) is 5. The van der Waals surface area contributed by atoms with E-state index in [1.807, 2.05) is 6.07 Å². The van der Waals surface area contributed by atoms with Gasteiger partial charge < -0.3 is 9.84 Å². The smallest absolute Gasteiger partial charge is 0.223 e. The van der Waals surface area contributed by atoms with E-state index in [1.54, 1.807) is 4.31 Å². The zero-order valence-electron chi connectivity index (χ0n) is 16.1. The number of nitrogens with one attached hydrogen (secondary N) is 1. The molecule has 3 fully saturated rings. The lowest BCUT2D eigenvalue weighted by molar-refractivity contribution is -0.135. The van der Waals surface area contributed by atoms with Crippen LogP contribution in [0.25, 0.3) is 0 Å². The molecule has 2 aliphatic carbocycles. The Morgan fingerprint density at radius 1 is 1.37 bits per heavy atom. The third-order valence-electron chi connectivity index (χ3n) is 6.15. The molecule has 1 amide bonds. The maximum Gasteiger partial charge on any atom is 0.223 e. The number of rotatable bonds is 7. The normalized spacial score (nSPS) is 28.6. The number of piperidine rings is 1. The average Bonchev–Trinajstić information content (AvgIpc) is 3.36. The van der Waals surface area contributed by atoms with Crippen LogP contribution in [0.3, 0.4) is 0 Å². The van der Waals surface area contributed by atoms with Gasteiger partial charge in [-0.05, 0) is 49.9 Å². The Hall–Kier alpha value is -1.41. The molecule has 0 aromatic carbocycles. The molecule has 3 aliphatic rings. The molecule has 1 aromatic heterocycles. The number of amides is 1. The van der Waals surface area contributed by atoms with Crippen molar-refractivity contribution in [3.05, 3.63) is 17.5 Å². The Morgan fingerprint density at radius 2 is 2.15 bits per heavy atom. The topological polar surface area (TPSA) is 92.5 Å². The third-order valence-corrected chi connectivity index (χ3v) is 8.51. The van der Waals surface area contributed by atoms with Crippen molar-refractivity contribution in [1.29, 1.82) is 0 Å². The van der Waals surface area contributed by atoms with Crippen LogP contribution in [0, 0.1) is 23.7 Å². The van der Waals surface area contributed by atoms with Gasteiger partial charge in [-0.1, -0.05) is 19.0 Å². The van der Waals surface area contributed by atoms with E-state index >= 15 is 0 Å². The summed E-state index contributed by atoms with van der Waals surface area (Å²) in [6, 6.07) is 1.90. The van der Waals surface area contributed by atoms with Crippen LogP contribution in [-0.2, 0) is 27.8 Å². The summed E-state index contributed by atoms with van der Waals surface area (Å²) in [6.45, 7) is 5.70. The predicted molar refractivity (Wildman–Crippen MR) is 100 cm³/mol. The van der Waals surface area contributed by atoms with E-state index in [0.717, 1.165) is 37.8 Å². The maximum absolute atomic E-state index is 12.6. The lowest BCUT2D eigenvalue weighted by atomic mass is 9.61. The Morgan fingerprint density at radius 3 is 2.85 bits per heavy atom. The molecule has 0 radical (unpaired) electrons. The van der Waals surface area contributed by atoms with Gasteiger partial charge in [-0.15, -0.1) is 0 Å². The van der Waals surface area contributed by atoms with Gasteiger partial charge in [-0.3, -0.25) is 4.79 Å². The van der Waals surface area contributed by atoms with Crippen LogP contribution in [-0.4, -0.2) is 42.1 Å². The first-order chi connectivity index (χ1) is 12.8. The highest BCUT2D eigenvalue weighted by atomic mass is 32.2. The summed E-state index contributed by atoms with van der Waals surface area (Å²) in [5.41, 5.74) is 0.908. The summed E-state index contributed by atoms with van der Waals surface area (Å²) in [5.74, 6) is 1.71. The van der Waals surface area contributed by atoms with Gasteiger partial charge in [-0.25, -0.2) is 12.7 Å². The molecule has 1 aliphatic heterocycles. The molecule has 7 nitrogen and oxygen atoms in total. The molecule has 0 unspecified atom stereocenters. The number of nitrogens with zero attached hydrogens (tertiary/aromatic N) is 2. The van der Waals surface area contributed by atoms with Gasteiger partial charge in [0, 0.05) is 25.1 Å². The lowest BCUT2D eigenvalue weighted by Gasteiger charge is -2.49. The molecular weight excluding hydrogens is 366 g/mol. The largest absolute Gasteiger partial charge is 0.359 e. The minimum atomic E-state index is -3.14. The standard InChI is InChI=1S/C19H29N3O4S/c1-12(2)7-14-9-15(26-21-14)10-20-19(23)17-8-13-5-6-22(11-18(13)17)27(24,25)16-3-4-16/h9,12-13,16-18H,3-8,10-11H2,1-2H3,(H,20,23)/t13-,17-,18-/m1/s1. The monoisotopic (exact) mass is 395 g/mol. The minimum absolute atomic E-state index is 0.00345. The van der Waals surface area contributed by atoms with Crippen molar-refractivity contribution in [2.45, 2.75) is 57.7 Å². The summed E-state index contributed by atoms with van der Waals surface area (Å²) in [6.07, 6.45) is 4.17. The van der Waals surface area contributed by atoms with Crippen LogP contribution in [0.5, 0.6) is 0 Å². The quantitative estimate of drug-likeness (QED) is 0.762. The molecule has 0 bridgehead atoms. The summed E-state index contributed by atoms with van der Waals surface area (Å²) < 4.78 is 31.9. The fourth-order valence-corrected chi connectivity index (χ4v) is 6.31. The van der Waals surface area contributed by atoms with Crippen molar-refractivity contribution in [2.75, 3.05) is 13.1 Å². The van der Waals surface area contributed by atoms with Gasteiger partial charge in [-0.2, -0.15) is 0 Å². The van der Waals surface area contributed by atoms with Crippen molar-refractivity contribution in [3.63, 3.8) is 0 Å². The zero-order valence-corrected chi connectivity index (χ0v) is 16.9. The lowest BCUT2D eigenvalue weighted by Crippen LogP contribution is -2.56. The minimum Gasteiger partial charge on any atom is -0.359 e. The first-order valence-electron chi connectivity index (χ1n) is 10.1. The molecule has 150 valence electrons. The van der Waals surface area contributed by atoms with Gasteiger partial charge >= 0.3 is 0 Å². The van der Waals surface area contributed by atoms with Crippen LogP contribution in [0.4, 0.5) is 0 Å². The highest BCUT2D eigenvalue weighted by Crippen LogP contribution is 2.47. The van der Waals surface area contributed by atoms with Crippen LogP contribution in [0.15, 0.2) is 10.6 Å². The summed E-state index contributed by atoms with van der Waals surface area (Å²) >= 11 is 0. The summed E-state index contributed by atoms with van der Waals surface area (Å²) in [5, 5.41) is 6.81. The molecule has 2 heterocycles. The SMILES string of the molecule is CC(C)Cc1cc(CNC(=O)[C@@H]2C[C@H]3CCN(S(=O)(=O)C4CC4)C[C@H]32)on1. The van der Waals surface area contributed by atoms with Crippen molar-refractivity contribution in [1.82, 2.24) is 14.8 Å². The molecule has 1 N–H and O–H groups in total. The molecule has 0 spiro atoms. The van der Waals surface area contributed by atoms with Crippen LogP contribution >= 0.6 is 0 Å². The van der Waals surface area contributed by atoms with E-state index in [4.69, 9.17) is 4.52 Å². The fourth-order valence-electron chi connectivity index (χ4n) is 4.42. The van der Waals surface area contributed by atoms with Crippen LogP contribution < -0.4 is 5.32 Å². The van der Waals surface area contributed by atoms with E-state index in [9.17, 15) is 13.2 Å². The first-order valence-corrected chi connectivity index (χ1v) is 11.6. The van der Waals surface area contributed by atoms with E-state index in [-0.39, 0.29) is 23.0 Å². The Balaban J connectivity index is 1.30. The molecule has 1 saturated heterocycles. The number of carbonyl (C=O) groups excluding carboxylic acids is 1. The van der Waals surface area contributed by atoms with Gasteiger partial charge in [0.1, 0.15) is 0 Å². The average molecular weight is 396 g/mol. The van der Waals surface area contributed by atoms with Crippen LogP contribution in [0.2, 0.25) is 0 Å². The molecule has 27 heavy (non-hydrogen) atoms. The second-order valence-corrected chi connectivity index (χ2v) is 11.0. The number of fused-ring (bicyclic) bond motifs is 1. The zero-order chi connectivity index (χ0) is 19.2. The van der Waals surface area contributed by atoms with Gasteiger partial charge in [0.15, 0.2) is 5.76 Å². The predicted octanol–water partition coefficient (Wildman–Crippen LogP) is 1.94. The fraction of sp³-hybridized carbons (Fsp3) is 0.789. The first kappa shape index (κ1) is 18.9. The summed E-state index contributed by atoms with van der Waals surface area (Å²) in [7, 11) is -3.14. The van der Waals surface area contributed by atoms with Gasteiger partial charge in [0.2, 0.25) is 15.9 Å². The van der Waals surface area contributed by atoms with Crippen molar-refractivity contribution >= 4 is 15.9 Å². The Labute approximate surface area is 160 Å². The molecule has 3 atom stereocenters. The van der Waals surface area contributed by atoms with Crippen molar-refractivity contribution in [2.24, 2.45) is 23.7 Å². The van der Waals surface area contributed by atoms with Crippen LogP contribution in [0.1, 0.15) is 51.0 Å². The van der Waals surface area contributed by atoms with E-state index in [1.165, 1.54) is 0 Å². The summed E-state index contributed by atoms with van der Waals surface area (Å²) in [4.78, 5) is 12.6. The van der Waals surface area contributed by atoms with Crippen molar-refractivity contribution < 1.29 is 17.7 Å². The Kier molecular flexibility index (Phi) is 5.05. The Bertz CT molecular complexity index is 800. The molecule has 8 heteroatoms. The van der Waals surface area contributed by atoms with Gasteiger partial charge in [0.05, 0.1) is 17.5 Å². The third kappa shape index (κ3) is 3.92. The number of carbonyl (C=O) groups is 1. The van der Waals surface area contributed by atoms with Crippen molar-refractivity contribution in [3.8, 4) is 0 Å². The van der Waals surface area contributed by atoms with Gasteiger partial charge in [0.25, 0.3) is 0 Å². The molecule has 2 saturated carbocycles.